The van der Waals surface area contributed by atoms with Crippen LogP contribution in [0, 0.1) is 0 Å². The zero-order valence-corrected chi connectivity index (χ0v) is 16.0. The number of benzene rings is 1. The number of carbonyl (C=O) groups excluding carboxylic acids is 1. The third kappa shape index (κ3) is 4.98. The molecule has 0 aliphatic carbocycles. The van der Waals surface area contributed by atoms with Crippen LogP contribution in [0.5, 0.6) is 11.5 Å². The molecule has 2 aromatic rings. The van der Waals surface area contributed by atoms with E-state index in [1.54, 1.807) is 30.0 Å². The summed E-state index contributed by atoms with van der Waals surface area (Å²) in [5.74, 6) is 3.35. The fraction of sp³-hybridized carbons (Fsp3) is 0.500. The smallest absolute Gasteiger partial charge is 0.191 e. The largest absolute Gasteiger partial charge is 0.490 e. The molecule has 0 fully saturated rings. The Kier molecular flexibility index (Phi) is 7.31. The number of aldehydes is 1. The summed E-state index contributed by atoms with van der Waals surface area (Å²) in [7, 11) is 0. The van der Waals surface area contributed by atoms with Crippen LogP contribution in [0.2, 0.25) is 0 Å². The van der Waals surface area contributed by atoms with Crippen LogP contribution in [0.3, 0.4) is 0 Å². The van der Waals surface area contributed by atoms with Gasteiger partial charge in [-0.05, 0) is 32.0 Å². The van der Waals surface area contributed by atoms with Gasteiger partial charge in [0.2, 0.25) is 0 Å². The number of thioether (sulfide) groups is 1. The minimum atomic E-state index is 0.350. The van der Waals surface area contributed by atoms with Crippen molar-refractivity contribution in [2.75, 3.05) is 19.0 Å². The molecule has 2 rings (SSSR count). The molecule has 1 aromatic carbocycles. The molecule has 0 amide bonds. The maximum Gasteiger partial charge on any atom is 0.191 e. The van der Waals surface area contributed by atoms with E-state index >= 15 is 0 Å². The molecule has 0 N–H and O–H groups in total. The maximum atomic E-state index is 10.9. The number of hydrogen-bond acceptors (Lipinski definition) is 6. The first-order valence-corrected chi connectivity index (χ1v) is 9.49. The highest BCUT2D eigenvalue weighted by Gasteiger charge is 2.14. The molecule has 0 spiro atoms. The molecule has 6 nitrogen and oxygen atoms in total. The molecule has 0 saturated heterocycles. The Morgan fingerprint density at radius 3 is 2.64 bits per heavy atom. The number of carbonyl (C=O) groups is 1. The third-order valence-corrected chi connectivity index (χ3v) is 4.48. The standard InChI is InChI=1S/C18H25N3O3S/c1-5-21-17(13(3)4)19-20-18(21)25-10-9-24-15-8-7-14(12-22)11-16(15)23-6-2/h7-8,11-13H,5-6,9-10H2,1-4H3. The molecular weight excluding hydrogens is 338 g/mol. The average Bonchev–Trinajstić information content (AvgIpc) is 3.03. The van der Waals surface area contributed by atoms with E-state index in [0.717, 1.165) is 29.6 Å². The van der Waals surface area contributed by atoms with E-state index in [1.807, 2.05) is 6.92 Å². The molecule has 0 aliphatic rings. The highest BCUT2D eigenvalue weighted by Crippen LogP contribution is 2.28. The van der Waals surface area contributed by atoms with Gasteiger partial charge in [0, 0.05) is 23.8 Å². The lowest BCUT2D eigenvalue weighted by molar-refractivity contribution is 0.112. The Bertz CT molecular complexity index is 701. The van der Waals surface area contributed by atoms with E-state index in [4.69, 9.17) is 9.47 Å². The van der Waals surface area contributed by atoms with Gasteiger partial charge in [-0.2, -0.15) is 0 Å². The zero-order chi connectivity index (χ0) is 18.2. The fourth-order valence-corrected chi connectivity index (χ4v) is 3.23. The van der Waals surface area contributed by atoms with Crippen molar-refractivity contribution < 1.29 is 14.3 Å². The normalized spacial score (nSPS) is 10.9. The van der Waals surface area contributed by atoms with Gasteiger partial charge in [-0.1, -0.05) is 25.6 Å². The first-order valence-electron chi connectivity index (χ1n) is 8.51. The van der Waals surface area contributed by atoms with Crippen LogP contribution in [0.1, 0.15) is 49.8 Å². The third-order valence-electron chi connectivity index (χ3n) is 3.55. The van der Waals surface area contributed by atoms with Crippen LogP contribution >= 0.6 is 11.8 Å². The predicted molar refractivity (Wildman–Crippen MR) is 99.0 cm³/mol. The zero-order valence-electron chi connectivity index (χ0n) is 15.2. The highest BCUT2D eigenvalue weighted by atomic mass is 32.2. The summed E-state index contributed by atoms with van der Waals surface area (Å²) in [5, 5.41) is 9.47. The van der Waals surface area contributed by atoms with Crippen LogP contribution in [0.25, 0.3) is 0 Å². The van der Waals surface area contributed by atoms with E-state index in [1.165, 1.54) is 0 Å². The quantitative estimate of drug-likeness (QED) is 0.363. The monoisotopic (exact) mass is 363 g/mol. The second-order valence-corrected chi connectivity index (χ2v) is 6.76. The topological polar surface area (TPSA) is 66.2 Å². The van der Waals surface area contributed by atoms with Gasteiger partial charge in [0.15, 0.2) is 16.7 Å². The van der Waals surface area contributed by atoms with Crippen molar-refractivity contribution in [2.24, 2.45) is 0 Å². The van der Waals surface area contributed by atoms with Crippen molar-refractivity contribution in [2.45, 2.75) is 45.3 Å². The van der Waals surface area contributed by atoms with Gasteiger partial charge in [0.25, 0.3) is 0 Å². The molecule has 25 heavy (non-hydrogen) atoms. The van der Waals surface area contributed by atoms with E-state index in [9.17, 15) is 4.79 Å². The Balaban J connectivity index is 1.94. The second-order valence-electron chi connectivity index (χ2n) is 5.69. The van der Waals surface area contributed by atoms with Crippen LogP contribution in [0.15, 0.2) is 23.4 Å². The van der Waals surface area contributed by atoms with Crippen LogP contribution in [-0.2, 0) is 6.54 Å². The SMILES string of the molecule is CCOc1cc(C=O)ccc1OCCSc1nnc(C(C)C)n1CC. The Hall–Kier alpha value is -2.02. The molecule has 0 saturated carbocycles. The molecule has 7 heteroatoms. The number of nitrogens with zero attached hydrogens (tertiary/aromatic N) is 3. The van der Waals surface area contributed by atoms with Gasteiger partial charge in [-0.3, -0.25) is 4.79 Å². The summed E-state index contributed by atoms with van der Waals surface area (Å²) >= 11 is 1.62. The molecule has 0 atom stereocenters. The molecule has 0 radical (unpaired) electrons. The lowest BCUT2D eigenvalue weighted by Gasteiger charge is -2.12. The molecule has 136 valence electrons. The van der Waals surface area contributed by atoms with E-state index in [0.29, 0.717) is 36.2 Å². The van der Waals surface area contributed by atoms with E-state index in [2.05, 4.69) is 35.5 Å². The fourth-order valence-electron chi connectivity index (χ4n) is 2.40. The molecular formula is C18H25N3O3S. The lowest BCUT2D eigenvalue weighted by atomic mass is 10.2. The van der Waals surface area contributed by atoms with Crippen molar-refractivity contribution >= 4 is 18.0 Å². The van der Waals surface area contributed by atoms with Crippen molar-refractivity contribution in [3.63, 3.8) is 0 Å². The first kappa shape index (κ1) is 19.3. The minimum Gasteiger partial charge on any atom is -0.490 e. The molecule has 0 aliphatic heterocycles. The minimum absolute atomic E-state index is 0.350. The summed E-state index contributed by atoms with van der Waals surface area (Å²) in [6, 6.07) is 5.19. The maximum absolute atomic E-state index is 10.9. The molecule has 1 aromatic heterocycles. The molecule has 0 bridgehead atoms. The van der Waals surface area contributed by atoms with Crippen LogP contribution in [-0.4, -0.2) is 40.0 Å². The van der Waals surface area contributed by atoms with Crippen molar-refractivity contribution in [1.82, 2.24) is 14.8 Å². The summed E-state index contributed by atoms with van der Waals surface area (Å²) in [6.07, 6.45) is 0.798. The highest BCUT2D eigenvalue weighted by molar-refractivity contribution is 7.99. The molecule has 0 unspecified atom stereocenters. The molecule has 1 heterocycles. The number of aromatic nitrogens is 3. The van der Waals surface area contributed by atoms with E-state index in [-0.39, 0.29) is 0 Å². The van der Waals surface area contributed by atoms with Gasteiger partial charge in [-0.25, -0.2) is 0 Å². The summed E-state index contributed by atoms with van der Waals surface area (Å²) in [4.78, 5) is 10.9. The lowest BCUT2D eigenvalue weighted by Crippen LogP contribution is -2.07. The van der Waals surface area contributed by atoms with Gasteiger partial charge in [0.1, 0.15) is 12.1 Å². The van der Waals surface area contributed by atoms with Crippen molar-refractivity contribution in [3.8, 4) is 11.5 Å². The Morgan fingerprint density at radius 1 is 1.20 bits per heavy atom. The number of ether oxygens (including phenoxy) is 2. The summed E-state index contributed by atoms with van der Waals surface area (Å²) < 4.78 is 13.5. The first-order chi connectivity index (χ1) is 12.1. The Morgan fingerprint density at radius 2 is 2.00 bits per heavy atom. The van der Waals surface area contributed by atoms with Gasteiger partial charge < -0.3 is 14.0 Å². The second kappa shape index (κ2) is 9.46. The van der Waals surface area contributed by atoms with Crippen molar-refractivity contribution in [3.05, 3.63) is 29.6 Å². The van der Waals surface area contributed by atoms with Gasteiger partial charge in [0.05, 0.1) is 13.2 Å². The van der Waals surface area contributed by atoms with Crippen LogP contribution in [0.4, 0.5) is 0 Å². The Labute approximate surface area is 152 Å². The summed E-state index contributed by atoms with van der Waals surface area (Å²) in [6.45, 7) is 10.1. The predicted octanol–water partition coefficient (Wildman–Crippen LogP) is 3.80. The van der Waals surface area contributed by atoms with E-state index < -0.39 is 0 Å². The van der Waals surface area contributed by atoms with Crippen LogP contribution < -0.4 is 9.47 Å². The summed E-state index contributed by atoms with van der Waals surface area (Å²) in [5.41, 5.74) is 0.572. The van der Waals surface area contributed by atoms with Gasteiger partial charge in [-0.15, -0.1) is 10.2 Å². The number of hydrogen-bond donors (Lipinski definition) is 0. The van der Waals surface area contributed by atoms with Gasteiger partial charge >= 0.3 is 0 Å². The average molecular weight is 363 g/mol. The van der Waals surface area contributed by atoms with Crippen molar-refractivity contribution in [1.29, 1.82) is 0 Å². The number of rotatable bonds is 10.